The number of nitrogens with zero attached hydrogens (tertiary/aromatic N) is 4. The van der Waals surface area contributed by atoms with Gasteiger partial charge in [0.15, 0.2) is 0 Å². The summed E-state index contributed by atoms with van der Waals surface area (Å²) >= 11 is 2.15. The molecule has 0 spiro atoms. The Morgan fingerprint density at radius 2 is 1.23 bits per heavy atom. The van der Waals surface area contributed by atoms with Crippen molar-refractivity contribution in [3.63, 3.8) is 0 Å². The van der Waals surface area contributed by atoms with Crippen LogP contribution in [0.15, 0.2) is 53.9 Å². The zero-order chi connectivity index (χ0) is 47.3. The van der Waals surface area contributed by atoms with Gasteiger partial charge in [0, 0.05) is 24.5 Å². The van der Waals surface area contributed by atoms with Crippen molar-refractivity contribution in [1.82, 2.24) is 19.9 Å². The SMILES string of the molecule is CCS(=O)(=O)c1ncc(C(=O)c2cc(F)ccc2OC)c(N)n1.CI.COc1ccc(F)cc1C(=O)c1cnc(NC2CCC(O)CC2)nc1N.NC1CCC(O)CC1.O=CO[O-].[Na+]. The third kappa shape index (κ3) is 18.0. The fourth-order valence-electron chi connectivity index (χ4n) is 5.98. The molecule has 0 radical (unpaired) electrons. The first kappa shape index (κ1) is 57.8. The summed E-state index contributed by atoms with van der Waals surface area (Å²) in [5.74, 6) is -2.11. The maximum atomic E-state index is 13.5. The topological polar surface area (TPSA) is 318 Å². The number of nitrogens with one attached hydrogen (secondary N) is 1. The number of methoxy groups -OCH3 is 2. The van der Waals surface area contributed by atoms with E-state index in [2.05, 4.69) is 52.7 Å². The molecule has 6 rings (SSSR count). The van der Waals surface area contributed by atoms with Crippen molar-refractivity contribution in [1.29, 1.82) is 0 Å². The number of aromatic nitrogens is 4. The Morgan fingerprint density at radius 3 is 1.61 bits per heavy atom. The largest absolute Gasteiger partial charge is 1.00 e. The van der Waals surface area contributed by atoms with Gasteiger partial charge >= 0.3 is 29.6 Å². The molecule has 0 amide bonds. The van der Waals surface area contributed by atoms with Crippen molar-refractivity contribution < 1.29 is 91.0 Å². The van der Waals surface area contributed by atoms with E-state index in [1.54, 1.807) is 0 Å². The van der Waals surface area contributed by atoms with Crippen LogP contribution in [0.1, 0.15) is 90.1 Å². The maximum Gasteiger partial charge on any atom is 1.00 e. The minimum atomic E-state index is -3.65. The van der Waals surface area contributed by atoms with Crippen LogP contribution in [0.5, 0.6) is 11.5 Å². The first-order chi connectivity index (χ1) is 30.0. The Bertz CT molecular complexity index is 2210. The van der Waals surface area contributed by atoms with Crippen LogP contribution in [0.3, 0.4) is 0 Å². The first-order valence-electron chi connectivity index (χ1n) is 19.2. The molecule has 2 aromatic heterocycles. The van der Waals surface area contributed by atoms with Crippen LogP contribution >= 0.6 is 22.6 Å². The molecule has 2 fully saturated rings. The van der Waals surface area contributed by atoms with Gasteiger partial charge in [-0.2, -0.15) is 4.98 Å². The maximum absolute atomic E-state index is 13.5. The Balaban J connectivity index is 0.000000490. The minimum Gasteiger partial charge on any atom is -0.662 e. The van der Waals surface area contributed by atoms with Gasteiger partial charge in [0.2, 0.25) is 32.5 Å². The summed E-state index contributed by atoms with van der Waals surface area (Å²) in [5, 5.41) is 29.7. The van der Waals surface area contributed by atoms with Gasteiger partial charge in [0.25, 0.3) is 6.47 Å². The van der Waals surface area contributed by atoms with Crippen molar-refractivity contribution in [2.75, 3.05) is 41.7 Å². The van der Waals surface area contributed by atoms with Gasteiger partial charge in [0.05, 0.1) is 54.4 Å². The molecule has 64 heavy (non-hydrogen) atoms. The van der Waals surface area contributed by atoms with E-state index in [1.807, 2.05) is 4.93 Å². The van der Waals surface area contributed by atoms with Gasteiger partial charge in [-0.3, -0.25) is 14.4 Å². The predicted molar refractivity (Wildman–Crippen MR) is 235 cm³/mol. The van der Waals surface area contributed by atoms with E-state index < -0.39 is 38.2 Å². The Kier molecular flexibility index (Phi) is 26.5. The van der Waals surface area contributed by atoms with Crippen molar-refractivity contribution in [3.05, 3.63) is 82.7 Å². The third-order valence-electron chi connectivity index (χ3n) is 9.38. The summed E-state index contributed by atoms with van der Waals surface area (Å²) in [4.78, 5) is 54.0. The molecule has 9 N–H and O–H groups in total. The van der Waals surface area contributed by atoms with Gasteiger partial charge in [-0.25, -0.2) is 32.2 Å². The molecular weight excluding hydrogens is 988 g/mol. The van der Waals surface area contributed by atoms with E-state index in [0.29, 0.717) is 12.0 Å². The molecule has 2 saturated carbocycles. The monoisotopic (exact) mass is 1040 g/mol. The number of hydrogen-bond acceptors (Lipinski definition) is 19. The second-order valence-electron chi connectivity index (χ2n) is 13.6. The summed E-state index contributed by atoms with van der Waals surface area (Å²) in [7, 11) is -0.911. The summed E-state index contributed by atoms with van der Waals surface area (Å²) in [6, 6.07) is 7.65. The van der Waals surface area contributed by atoms with Crippen LogP contribution in [-0.4, -0.2) is 106 Å². The molecule has 0 bridgehead atoms. The molecule has 0 unspecified atom stereocenters. The Labute approximate surface area is 405 Å². The number of hydrogen-bond donors (Lipinski definition) is 6. The van der Waals surface area contributed by atoms with Crippen molar-refractivity contribution >= 4 is 68.1 Å². The molecule has 0 aliphatic heterocycles. The van der Waals surface area contributed by atoms with Crippen molar-refractivity contribution in [2.24, 2.45) is 5.73 Å². The normalized spacial score (nSPS) is 17.5. The number of halogens is 3. The molecule has 2 aliphatic rings. The van der Waals surface area contributed by atoms with E-state index in [9.17, 15) is 31.9 Å². The summed E-state index contributed by atoms with van der Waals surface area (Å²) in [6.45, 7) is 1.26. The van der Waals surface area contributed by atoms with Crippen LogP contribution in [-0.2, 0) is 19.5 Å². The molecule has 0 atom stereocenters. The average molecular weight is 1040 g/mol. The number of anilines is 3. The molecule has 346 valence electrons. The van der Waals surface area contributed by atoms with Crippen LogP contribution < -0.4 is 66.8 Å². The number of ether oxygens (including phenoxy) is 2. The Hall–Kier alpha value is -4.21. The Morgan fingerprint density at radius 1 is 0.812 bits per heavy atom. The van der Waals surface area contributed by atoms with Crippen LogP contribution in [0.25, 0.3) is 0 Å². The predicted octanol–water partition coefficient (Wildman–Crippen LogP) is 0.123. The number of carbonyl (C=O) groups excluding carboxylic acids is 3. The van der Waals surface area contributed by atoms with E-state index in [4.69, 9.17) is 41.8 Å². The smallest absolute Gasteiger partial charge is 0.662 e. The van der Waals surface area contributed by atoms with Crippen molar-refractivity contribution in [2.45, 2.75) is 87.7 Å². The summed E-state index contributed by atoms with van der Waals surface area (Å²) in [5.41, 5.74) is 17.1. The quantitative estimate of drug-likeness (QED) is 0.0170. The second kappa shape index (κ2) is 29.4. The molecule has 2 heterocycles. The number of ketones is 2. The van der Waals surface area contributed by atoms with Gasteiger partial charge in [0.1, 0.15) is 34.8 Å². The second-order valence-corrected chi connectivity index (χ2v) is 15.8. The number of sulfone groups is 1. The number of aliphatic hydroxyl groups excluding tert-OH is 2. The minimum absolute atomic E-state index is 0. The fourth-order valence-corrected chi connectivity index (χ4v) is 6.69. The number of aliphatic hydroxyl groups is 2. The average Bonchev–Trinajstić information content (AvgIpc) is 3.29. The third-order valence-corrected chi connectivity index (χ3v) is 10.9. The van der Waals surface area contributed by atoms with Gasteiger partial charge in [-0.05, 0) is 92.7 Å². The number of rotatable bonds is 11. The number of alkyl halides is 1. The first-order valence-corrected chi connectivity index (χ1v) is 23.0. The molecule has 0 saturated heterocycles. The fraction of sp³-hybridized carbons (Fsp3) is 0.425. The van der Waals surface area contributed by atoms with Crippen molar-refractivity contribution in [3.8, 4) is 11.5 Å². The zero-order valence-corrected chi connectivity index (χ0v) is 41.0. The van der Waals surface area contributed by atoms with Crippen LogP contribution in [0.2, 0.25) is 0 Å². The van der Waals surface area contributed by atoms with Crippen LogP contribution in [0.4, 0.5) is 26.4 Å². The van der Waals surface area contributed by atoms with Gasteiger partial charge < -0.3 is 52.3 Å². The molecule has 2 aromatic carbocycles. The molecule has 24 heteroatoms. The van der Waals surface area contributed by atoms with E-state index in [-0.39, 0.29) is 105 Å². The van der Waals surface area contributed by atoms with E-state index in [0.717, 1.165) is 75.8 Å². The standard InChI is InChI=1S/C18H21FN4O3.C14H14FN3O4S.C6H13NO.CH3I.CH2O3.Na/c1-26-15-7-2-10(19)8-13(15)16(25)14-9-21-18(23-17(14)20)22-11-3-5-12(24)6-4-11;1-3-23(20,21)14-17-7-10(13(16)18-14)12(19)9-6-8(15)4-5-11(9)22-2;7-5-1-3-6(8)4-2-5;1-2;2-1-4-3;/h2,7-9,11-12,24H,3-6H2,1H3,(H3,20,21,22,23);4-7H,3H2,1-2H3,(H2,16,17,18);5-6,8H,1-4,7H2;1H3;1,3H;/q;;;;;+1/p-1. The molecule has 4 aromatic rings. The summed E-state index contributed by atoms with van der Waals surface area (Å²) in [6.07, 6.45) is 8.91. The summed E-state index contributed by atoms with van der Waals surface area (Å²) < 4.78 is 60.4. The number of nitrogen functional groups attached to an aromatic ring is 2. The molecule has 19 nitrogen and oxygen atoms in total. The van der Waals surface area contributed by atoms with E-state index >= 15 is 0 Å². The van der Waals surface area contributed by atoms with Crippen LogP contribution in [0, 0.1) is 11.6 Å². The molecule has 2 aliphatic carbocycles. The van der Waals surface area contributed by atoms with Gasteiger partial charge in [-0.15, -0.1) is 0 Å². The van der Waals surface area contributed by atoms with E-state index in [1.165, 1.54) is 45.5 Å². The number of nitrogens with two attached hydrogens (primary N) is 3. The molecular formula is C40H52F2IN8NaO11S. The zero-order valence-electron chi connectivity index (χ0n) is 36.0. The van der Waals surface area contributed by atoms with Gasteiger partial charge in [-0.1, -0.05) is 29.5 Å². The number of benzene rings is 2. The number of carbonyl (C=O) groups is 3.